The minimum atomic E-state index is -0.736. The lowest BCUT2D eigenvalue weighted by Crippen LogP contribution is -2.39. The lowest BCUT2D eigenvalue weighted by Gasteiger charge is -2.31. The van der Waals surface area contributed by atoms with Crippen LogP contribution in [0.3, 0.4) is 0 Å². The van der Waals surface area contributed by atoms with Crippen LogP contribution in [0.4, 0.5) is 20.2 Å². The fourth-order valence-electron chi connectivity index (χ4n) is 3.74. The average molecular weight is 396 g/mol. The predicted octanol–water partition coefficient (Wildman–Crippen LogP) is 4.83. The Labute approximate surface area is 167 Å². The summed E-state index contributed by atoms with van der Waals surface area (Å²) < 4.78 is 27.6. The van der Waals surface area contributed by atoms with E-state index in [2.05, 4.69) is 22.2 Å². The molecule has 29 heavy (non-hydrogen) atoms. The van der Waals surface area contributed by atoms with Gasteiger partial charge in [-0.1, -0.05) is 6.92 Å². The summed E-state index contributed by atoms with van der Waals surface area (Å²) in [5, 5.41) is 3.60. The molecule has 1 atom stereocenters. The molecular formula is C22H22F2N4O. The number of rotatable bonds is 3. The quantitative estimate of drug-likeness (QED) is 0.689. The normalized spacial score (nSPS) is 16.8. The Kier molecular flexibility index (Phi) is 5.13. The van der Waals surface area contributed by atoms with Gasteiger partial charge in [-0.3, -0.25) is 4.79 Å². The van der Waals surface area contributed by atoms with Crippen molar-refractivity contribution in [2.75, 3.05) is 18.4 Å². The zero-order valence-electron chi connectivity index (χ0n) is 16.4. The number of aromatic nitrogens is 2. The second-order valence-electron chi connectivity index (χ2n) is 7.62. The van der Waals surface area contributed by atoms with Gasteiger partial charge in [-0.2, -0.15) is 0 Å². The third-order valence-corrected chi connectivity index (χ3v) is 5.23. The van der Waals surface area contributed by atoms with Gasteiger partial charge in [0.2, 0.25) is 0 Å². The summed E-state index contributed by atoms with van der Waals surface area (Å²) >= 11 is 0. The van der Waals surface area contributed by atoms with Crippen molar-refractivity contribution in [1.82, 2.24) is 14.9 Å². The van der Waals surface area contributed by atoms with Gasteiger partial charge >= 0.3 is 0 Å². The zero-order valence-corrected chi connectivity index (χ0v) is 16.4. The highest BCUT2D eigenvalue weighted by atomic mass is 19.1. The van der Waals surface area contributed by atoms with Crippen molar-refractivity contribution in [2.24, 2.45) is 5.92 Å². The lowest BCUT2D eigenvalue weighted by molar-refractivity contribution is 0.0684. The van der Waals surface area contributed by atoms with Crippen LogP contribution in [-0.2, 0) is 0 Å². The van der Waals surface area contributed by atoms with Gasteiger partial charge in [0.05, 0.1) is 16.9 Å². The third kappa shape index (κ3) is 3.90. The summed E-state index contributed by atoms with van der Waals surface area (Å²) in [6.45, 7) is 5.32. The standard InChI is InChI=1S/C22H22F2N4O/c1-13-4-3-9-28(12-13)22(29)17-11-25-21-16(7-5-14(2)26-21)20(17)27-19-8-6-15(23)10-18(19)24/h5-8,10-11,13H,3-4,9,12H2,1-2H3,(H,25,26,27)/t13-/m0/s1. The number of nitrogens with zero attached hydrogens (tertiary/aromatic N) is 3. The molecule has 1 saturated heterocycles. The number of piperidine rings is 1. The first kappa shape index (κ1) is 19.2. The molecule has 0 unspecified atom stereocenters. The maximum absolute atomic E-state index is 14.3. The first-order valence-electron chi connectivity index (χ1n) is 9.70. The fourth-order valence-corrected chi connectivity index (χ4v) is 3.74. The predicted molar refractivity (Wildman–Crippen MR) is 108 cm³/mol. The molecule has 3 heterocycles. The van der Waals surface area contributed by atoms with E-state index in [0.29, 0.717) is 41.3 Å². The van der Waals surface area contributed by atoms with Gasteiger partial charge in [0.15, 0.2) is 5.65 Å². The minimum absolute atomic E-state index is 0.0838. The summed E-state index contributed by atoms with van der Waals surface area (Å²) in [5.74, 6) is -1.13. The first-order valence-corrected chi connectivity index (χ1v) is 9.70. The number of benzene rings is 1. The molecule has 0 radical (unpaired) electrons. The van der Waals surface area contributed by atoms with Gasteiger partial charge in [-0.05, 0) is 49.9 Å². The van der Waals surface area contributed by atoms with Crippen molar-refractivity contribution in [3.05, 3.63) is 59.4 Å². The molecule has 2 aromatic heterocycles. The SMILES string of the molecule is Cc1ccc2c(Nc3ccc(F)cc3F)c(C(=O)N3CCC[C@H](C)C3)cnc2n1. The number of carbonyl (C=O) groups is 1. The second kappa shape index (κ2) is 7.73. The molecule has 1 amide bonds. The second-order valence-corrected chi connectivity index (χ2v) is 7.62. The van der Waals surface area contributed by atoms with Gasteiger partial charge in [-0.15, -0.1) is 0 Å². The van der Waals surface area contributed by atoms with Crippen LogP contribution in [0.25, 0.3) is 11.0 Å². The van der Waals surface area contributed by atoms with Crippen LogP contribution in [-0.4, -0.2) is 33.9 Å². The molecule has 5 nitrogen and oxygen atoms in total. The van der Waals surface area contributed by atoms with E-state index in [-0.39, 0.29) is 11.6 Å². The van der Waals surface area contributed by atoms with Gasteiger partial charge in [0, 0.05) is 36.4 Å². The van der Waals surface area contributed by atoms with Crippen LogP contribution in [0.1, 0.15) is 35.8 Å². The van der Waals surface area contributed by atoms with Crippen molar-refractivity contribution < 1.29 is 13.6 Å². The van der Waals surface area contributed by atoms with Gasteiger partial charge in [0.25, 0.3) is 5.91 Å². The van der Waals surface area contributed by atoms with E-state index >= 15 is 0 Å². The van der Waals surface area contributed by atoms with Gasteiger partial charge in [-0.25, -0.2) is 18.7 Å². The summed E-state index contributed by atoms with van der Waals surface area (Å²) in [7, 11) is 0. The van der Waals surface area contributed by atoms with Crippen LogP contribution in [0.2, 0.25) is 0 Å². The molecule has 0 aliphatic carbocycles. The summed E-state index contributed by atoms with van der Waals surface area (Å²) in [6.07, 6.45) is 3.53. The van der Waals surface area contributed by atoms with E-state index in [0.717, 1.165) is 24.6 Å². The lowest BCUT2D eigenvalue weighted by atomic mass is 9.99. The van der Waals surface area contributed by atoms with Crippen molar-refractivity contribution >= 4 is 28.3 Å². The Morgan fingerprint density at radius 3 is 2.83 bits per heavy atom. The Morgan fingerprint density at radius 2 is 2.07 bits per heavy atom. The highest BCUT2D eigenvalue weighted by molar-refractivity contribution is 6.07. The number of halogens is 2. The number of fused-ring (bicyclic) bond motifs is 1. The Morgan fingerprint density at radius 1 is 1.24 bits per heavy atom. The number of nitrogens with one attached hydrogen (secondary N) is 1. The van der Waals surface area contributed by atoms with Crippen molar-refractivity contribution in [2.45, 2.75) is 26.7 Å². The van der Waals surface area contributed by atoms with Crippen molar-refractivity contribution in [1.29, 1.82) is 0 Å². The van der Waals surface area contributed by atoms with E-state index in [1.807, 2.05) is 24.0 Å². The Bertz CT molecular complexity index is 1090. The molecule has 0 saturated carbocycles. The number of hydrogen-bond donors (Lipinski definition) is 1. The van der Waals surface area contributed by atoms with E-state index in [1.165, 1.54) is 18.3 Å². The fraction of sp³-hybridized carbons (Fsp3) is 0.318. The minimum Gasteiger partial charge on any atom is -0.352 e. The molecule has 1 aliphatic heterocycles. The maximum atomic E-state index is 14.3. The largest absolute Gasteiger partial charge is 0.352 e. The molecule has 0 bridgehead atoms. The van der Waals surface area contributed by atoms with Crippen LogP contribution in [0.5, 0.6) is 0 Å². The molecule has 3 aromatic rings. The number of aryl methyl sites for hydroxylation is 1. The molecule has 150 valence electrons. The molecule has 7 heteroatoms. The topological polar surface area (TPSA) is 58.1 Å². The summed E-state index contributed by atoms with van der Waals surface area (Å²) in [6, 6.07) is 6.92. The smallest absolute Gasteiger partial charge is 0.257 e. The van der Waals surface area contributed by atoms with E-state index in [4.69, 9.17) is 0 Å². The van der Waals surface area contributed by atoms with Crippen molar-refractivity contribution in [3.63, 3.8) is 0 Å². The van der Waals surface area contributed by atoms with E-state index in [1.54, 1.807) is 0 Å². The average Bonchev–Trinajstić information content (AvgIpc) is 2.69. The molecule has 1 N–H and O–H groups in total. The summed E-state index contributed by atoms with van der Waals surface area (Å²) in [5.41, 5.74) is 2.10. The maximum Gasteiger partial charge on any atom is 0.257 e. The highest BCUT2D eigenvalue weighted by Crippen LogP contribution is 2.31. The molecule has 4 rings (SSSR count). The van der Waals surface area contributed by atoms with Gasteiger partial charge < -0.3 is 10.2 Å². The monoisotopic (exact) mass is 396 g/mol. The van der Waals surface area contributed by atoms with E-state index < -0.39 is 11.6 Å². The van der Waals surface area contributed by atoms with Crippen LogP contribution < -0.4 is 5.32 Å². The van der Waals surface area contributed by atoms with Crippen LogP contribution in [0.15, 0.2) is 36.5 Å². The van der Waals surface area contributed by atoms with Crippen molar-refractivity contribution in [3.8, 4) is 0 Å². The molecule has 1 fully saturated rings. The summed E-state index contributed by atoms with van der Waals surface area (Å²) in [4.78, 5) is 23.9. The third-order valence-electron chi connectivity index (χ3n) is 5.23. The van der Waals surface area contributed by atoms with E-state index in [9.17, 15) is 13.6 Å². The number of anilines is 2. The highest BCUT2D eigenvalue weighted by Gasteiger charge is 2.26. The number of likely N-dealkylation sites (tertiary alicyclic amines) is 1. The molecule has 1 aliphatic rings. The Hall–Kier alpha value is -3.09. The molecular weight excluding hydrogens is 374 g/mol. The number of pyridine rings is 2. The molecule has 1 aromatic carbocycles. The first-order chi connectivity index (χ1) is 13.9. The number of hydrogen-bond acceptors (Lipinski definition) is 4. The van der Waals surface area contributed by atoms with Gasteiger partial charge in [0.1, 0.15) is 11.6 Å². The molecule has 0 spiro atoms. The van der Waals surface area contributed by atoms with Crippen LogP contribution in [0, 0.1) is 24.5 Å². The number of amides is 1. The number of carbonyl (C=O) groups excluding carboxylic acids is 1. The Balaban J connectivity index is 1.82. The van der Waals surface area contributed by atoms with Crippen LogP contribution >= 0.6 is 0 Å². The zero-order chi connectivity index (χ0) is 20.5.